The van der Waals surface area contributed by atoms with Crippen LogP contribution in [0.5, 0.6) is 0 Å². The van der Waals surface area contributed by atoms with Crippen LogP contribution in [0.15, 0.2) is 9.59 Å². The second-order valence-electron chi connectivity index (χ2n) is 5.57. The average Bonchev–Trinajstić information content (AvgIpc) is 2.97. The number of nitrogens with zero attached hydrogens (tertiary/aromatic N) is 4. The molecule has 0 unspecified atom stereocenters. The van der Waals surface area contributed by atoms with Crippen LogP contribution in [0.1, 0.15) is 6.92 Å². The van der Waals surface area contributed by atoms with Crippen LogP contribution < -0.4 is 21.5 Å². The number of aromatic nitrogens is 4. The van der Waals surface area contributed by atoms with Crippen molar-refractivity contribution in [1.82, 2.24) is 24.4 Å². The Morgan fingerprint density at radius 2 is 2.00 bits per heavy atom. The molecule has 2 aromatic rings. The van der Waals surface area contributed by atoms with Gasteiger partial charge in [-0.05, 0) is 6.92 Å². The molecule has 3 heterocycles. The largest absolute Gasteiger partial charge is 0.480 e. The number of H-pyrrole nitrogens is 1. The van der Waals surface area contributed by atoms with Crippen LogP contribution in [0, 0.1) is 11.8 Å². The van der Waals surface area contributed by atoms with Gasteiger partial charge in [-0.25, -0.2) is 4.79 Å². The van der Waals surface area contributed by atoms with Gasteiger partial charge in [-0.15, -0.1) is 5.92 Å². The summed E-state index contributed by atoms with van der Waals surface area (Å²) in [4.78, 5) is 44.1. The van der Waals surface area contributed by atoms with Crippen molar-refractivity contribution in [2.75, 3.05) is 31.1 Å². The van der Waals surface area contributed by atoms with Crippen molar-refractivity contribution in [3.63, 3.8) is 0 Å². The summed E-state index contributed by atoms with van der Waals surface area (Å²) in [6.45, 7) is 4.23. The monoisotopic (exact) mass is 346 g/mol. The molecule has 3 rings (SSSR count). The number of aromatic amines is 1. The van der Waals surface area contributed by atoms with Crippen LogP contribution in [0.2, 0.25) is 0 Å². The third-order valence-electron chi connectivity index (χ3n) is 3.97. The van der Waals surface area contributed by atoms with Crippen LogP contribution in [-0.4, -0.2) is 56.4 Å². The molecule has 1 saturated heterocycles. The molecule has 1 aliphatic rings. The number of imidazole rings is 1. The van der Waals surface area contributed by atoms with E-state index in [-0.39, 0.29) is 17.7 Å². The van der Waals surface area contributed by atoms with Crippen molar-refractivity contribution < 1.29 is 9.90 Å². The van der Waals surface area contributed by atoms with Crippen molar-refractivity contribution >= 4 is 23.1 Å². The van der Waals surface area contributed by atoms with Gasteiger partial charge in [0.15, 0.2) is 11.2 Å². The number of piperazine rings is 1. The van der Waals surface area contributed by atoms with Crippen molar-refractivity contribution in [3.05, 3.63) is 20.8 Å². The smallest absolute Gasteiger partial charge is 0.330 e. The van der Waals surface area contributed by atoms with Crippen LogP contribution in [0.25, 0.3) is 11.2 Å². The standard InChI is InChI=1S/C15H18N6O4/c1-2-3-6-20-11-12(17-14(20)19-7-4-16-5-8-19)21(9-10(22)23)15(25)18-13(11)24/h16H,4-9H2,1H3,(H,22,23)(H,18,24,25). The van der Waals surface area contributed by atoms with Gasteiger partial charge in [0.05, 0.1) is 6.54 Å². The summed E-state index contributed by atoms with van der Waals surface area (Å²) >= 11 is 0. The number of hydrogen-bond acceptors (Lipinski definition) is 6. The quantitative estimate of drug-likeness (QED) is 0.570. The van der Waals surface area contributed by atoms with E-state index >= 15 is 0 Å². The van der Waals surface area contributed by atoms with E-state index in [2.05, 4.69) is 27.1 Å². The first-order valence-electron chi connectivity index (χ1n) is 7.83. The normalized spacial score (nSPS) is 14.4. The molecule has 2 aromatic heterocycles. The Morgan fingerprint density at radius 3 is 2.64 bits per heavy atom. The lowest BCUT2D eigenvalue weighted by molar-refractivity contribution is -0.137. The molecule has 25 heavy (non-hydrogen) atoms. The summed E-state index contributed by atoms with van der Waals surface area (Å²) < 4.78 is 2.59. The molecule has 1 fully saturated rings. The van der Waals surface area contributed by atoms with Gasteiger partial charge in [0.2, 0.25) is 5.95 Å². The molecule has 0 aliphatic carbocycles. The van der Waals surface area contributed by atoms with Crippen LogP contribution in [-0.2, 0) is 17.9 Å². The van der Waals surface area contributed by atoms with Crippen LogP contribution >= 0.6 is 0 Å². The SMILES string of the molecule is CC#CCn1c(N2CCNCC2)nc2c1c(=O)[nH]c(=O)n2CC(=O)O. The number of anilines is 1. The third kappa shape index (κ3) is 3.14. The van der Waals surface area contributed by atoms with Crippen molar-refractivity contribution in [2.24, 2.45) is 0 Å². The predicted molar refractivity (Wildman–Crippen MR) is 90.8 cm³/mol. The van der Waals surface area contributed by atoms with E-state index in [0.29, 0.717) is 19.0 Å². The number of fused-ring (bicyclic) bond motifs is 1. The van der Waals surface area contributed by atoms with Crippen LogP contribution in [0.4, 0.5) is 5.95 Å². The summed E-state index contributed by atoms with van der Waals surface area (Å²) in [7, 11) is 0. The number of carboxylic acid groups (broad SMARTS) is 1. The van der Waals surface area contributed by atoms with Crippen molar-refractivity contribution in [3.8, 4) is 11.8 Å². The fourth-order valence-electron chi connectivity index (χ4n) is 2.86. The zero-order chi connectivity index (χ0) is 18.0. The Balaban J connectivity index is 2.28. The zero-order valence-corrected chi connectivity index (χ0v) is 13.7. The molecular weight excluding hydrogens is 328 g/mol. The highest BCUT2D eigenvalue weighted by Gasteiger charge is 2.23. The number of aliphatic carboxylic acids is 1. The summed E-state index contributed by atoms with van der Waals surface area (Å²) in [5.41, 5.74) is -1.19. The zero-order valence-electron chi connectivity index (χ0n) is 13.7. The van der Waals surface area contributed by atoms with Crippen LogP contribution in [0.3, 0.4) is 0 Å². The molecule has 1 aliphatic heterocycles. The van der Waals surface area contributed by atoms with Gasteiger partial charge < -0.3 is 15.3 Å². The summed E-state index contributed by atoms with van der Waals surface area (Å²) in [5, 5.41) is 12.3. The van der Waals surface area contributed by atoms with E-state index in [1.165, 1.54) is 0 Å². The maximum atomic E-state index is 12.4. The maximum absolute atomic E-state index is 12.4. The third-order valence-corrected chi connectivity index (χ3v) is 3.97. The highest BCUT2D eigenvalue weighted by atomic mass is 16.4. The molecule has 0 aromatic carbocycles. The Hall–Kier alpha value is -3.06. The highest BCUT2D eigenvalue weighted by molar-refractivity contribution is 5.77. The van der Waals surface area contributed by atoms with Gasteiger partial charge in [0, 0.05) is 26.2 Å². The van der Waals surface area contributed by atoms with E-state index in [9.17, 15) is 14.4 Å². The van der Waals surface area contributed by atoms with Gasteiger partial charge in [-0.3, -0.25) is 23.7 Å². The second kappa shape index (κ2) is 6.82. The minimum absolute atomic E-state index is 0.0579. The molecular formula is C15H18N6O4. The Morgan fingerprint density at radius 1 is 1.28 bits per heavy atom. The number of carboxylic acids is 1. The summed E-state index contributed by atoms with van der Waals surface area (Å²) in [5.74, 6) is 4.99. The van der Waals surface area contributed by atoms with E-state index in [1.54, 1.807) is 11.5 Å². The van der Waals surface area contributed by atoms with E-state index in [0.717, 1.165) is 17.7 Å². The molecule has 0 bridgehead atoms. The molecule has 0 atom stereocenters. The van der Waals surface area contributed by atoms with Gasteiger partial charge in [0.25, 0.3) is 5.56 Å². The van der Waals surface area contributed by atoms with Gasteiger partial charge in [-0.2, -0.15) is 4.98 Å². The molecule has 0 spiro atoms. The Bertz CT molecular complexity index is 984. The van der Waals surface area contributed by atoms with E-state index in [1.807, 2.05) is 4.90 Å². The first-order chi connectivity index (χ1) is 12.0. The Labute approximate surface area is 142 Å². The van der Waals surface area contributed by atoms with Gasteiger partial charge in [-0.1, -0.05) is 5.92 Å². The number of nitrogens with one attached hydrogen (secondary N) is 2. The van der Waals surface area contributed by atoms with Crippen molar-refractivity contribution in [2.45, 2.75) is 20.0 Å². The topological polar surface area (TPSA) is 125 Å². The van der Waals surface area contributed by atoms with E-state index in [4.69, 9.17) is 5.11 Å². The number of hydrogen-bond donors (Lipinski definition) is 3. The molecule has 0 saturated carbocycles. The molecule has 3 N–H and O–H groups in total. The minimum Gasteiger partial charge on any atom is -0.480 e. The van der Waals surface area contributed by atoms with Gasteiger partial charge >= 0.3 is 11.7 Å². The molecule has 0 radical (unpaired) electrons. The highest BCUT2D eigenvalue weighted by Crippen LogP contribution is 2.20. The molecule has 10 heteroatoms. The lowest BCUT2D eigenvalue weighted by atomic mass is 10.4. The van der Waals surface area contributed by atoms with E-state index < -0.39 is 23.8 Å². The molecule has 0 amide bonds. The summed E-state index contributed by atoms with van der Waals surface area (Å²) in [6.07, 6.45) is 0. The average molecular weight is 346 g/mol. The lowest BCUT2D eigenvalue weighted by Crippen LogP contribution is -2.44. The fourth-order valence-corrected chi connectivity index (χ4v) is 2.86. The molecule has 132 valence electrons. The van der Waals surface area contributed by atoms with Gasteiger partial charge in [0.1, 0.15) is 6.54 Å². The fraction of sp³-hybridized carbons (Fsp3) is 0.467. The maximum Gasteiger partial charge on any atom is 0.330 e. The summed E-state index contributed by atoms with van der Waals surface area (Å²) in [6, 6.07) is 0. The minimum atomic E-state index is -1.19. The first kappa shape index (κ1) is 16.8. The first-order valence-corrected chi connectivity index (χ1v) is 7.83. The number of carbonyl (C=O) groups is 1. The van der Waals surface area contributed by atoms with Crippen molar-refractivity contribution in [1.29, 1.82) is 0 Å². The molecule has 10 nitrogen and oxygen atoms in total. The number of rotatable bonds is 4. The predicted octanol–water partition coefficient (Wildman–Crippen LogP) is -1.60. The lowest BCUT2D eigenvalue weighted by Gasteiger charge is -2.28. The Kier molecular flexibility index (Phi) is 4.58. The second-order valence-corrected chi connectivity index (χ2v) is 5.57.